The van der Waals surface area contributed by atoms with Gasteiger partial charge in [-0.05, 0) is 12.8 Å². The normalized spacial score (nSPS) is 12.0. The molecular weight excluding hydrogens is 130 g/mol. The van der Waals surface area contributed by atoms with Crippen LogP contribution in [0.15, 0.2) is 0 Å². The molecule has 10 heavy (non-hydrogen) atoms. The second-order valence-electron chi connectivity index (χ2n) is 2.29. The highest BCUT2D eigenvalue weighted by atomic mass is 16.4. The van der Waals surface area contributed by atoms with Crippen molar-refractivity contribution in [3.63, 3.8) is 0 Å². The van der Waals surface area contributed by atoms with Crippen LogP contribution in [0.2, 0.25) is 0 Å². The summed E-state index contributed by atoms with van der Waals surface area (Å²) < 4.78 is 0. The molecule has 3 heteroatoms. The van der Waals surface area contributed by atoms with Crippen molar-refractivity contribution in [3.05, 3.63) is 0 Å². The van der Waals surface area contributed by atoms with E-state index >= 15 is 0 Å². The largest absolute Gasteiger partial charge is 0.481 e. The van der Waals surface area contributed by atoms with Gasteiger partial charge in [0.15, 0.2) is 0 Å². The Kier molecular flexibility index (Phi) is 4.30. The molecule has 56 valence electrons. The van der Waals surface area contributed by atoms with Crippen LogP contribution in [0.1, 0.15) is 26.2 Å². The van der Waals surface area contributed by atoms with Gasteiger partial charge in [-0.25, -0.2) is 0 Å². The number of carboxylic acids is 1. The molecule has 3 nitrogen and oxygen atoms in total. The number of carbonyl (C=O) groups is 1. The molecule has 0 aliphatic rings. The van der Waals surface area contributed by atoms with Gasteiger partial charge in [0.1, 0.15) is 0 Å². The Morgan fingerprint density at radius 1 is 1.80 bits per heavy atom. The van der Waals surface area contributed by atoms with Crippen molar-refractivity contribution >= 4 is 5.97 Å². The van der Waals surface area contributed by atoms with Crippen LogP contribution in [-0.2, 0) is 4.79 Å². The molecule has 0 aliphatic carbocycles. The number of aliphatic carboxylic acids is 1. The molecule has 0 spiro atoms. The summed E-state index contributed by atoms with van der Waals surface area (Å²) in [7, 11) is 0. The SMILES string of the molecule is CC(CCCC#N)C(=O)O. The summed E-state index contributed by atoms with van der Waals surface area (Å²) in [5.41, 5.74) is 0. The predicted molar refractivity (Wildman–Crippen MR) is 36.3 cm³/mol. The van der Waals surface area contributed by atoms with E-state index in [0.29, 0.717) is 19.3 Å². The summed E-state index contributed by atoms with van der Waals surface area (Å²) in [6.45, 7) is 1.65. The van der Waals surface area contributed by atoms with Crippen LogP contribution in [0.5, 0.6) is 0 Å². The molecule has 0 fully saturated rings. The average molecular weight is 141 g/mol. The Morgan fingerprint density at radius 3 is 2.80 bits per heavy atom. The Balaban J connectivity index is 3.32. The van der Waals surface area contributed by atoms with E-state index in [9.17, 15) is 4.79 Å². The molecule has 0 aromatic heterocycles. The van der Waals surface area contributed by atoms with Crippen LogP contribution in [0.3, 0.4) is 0 Å². The number of rotatable bonds is 4. The maximum Gasteiger partial charge on any atom is 0.306 e. The van der Waals surface area contributed by atoms with Crippen LogP contribution in [-0.4, -0.2) is 11.1 Å². The summed E-state index contributed by atoms with van der Waals surface area (Å²) in [6, 6.07) is 1.97. The van der Waals surface area contributed by atoms with Gasteiger partial charge in [0.05, 0.1) is 12.0 Å². The minimum absolute atomic E-state index is 0.312. The highest BCUT2D eigenvalue weighted by Crippen LogP contribution is 2.06. The van der Waals surface area contributed by atoms with Gasteiger partial charge in [-0.3, -0.25) is 4.79 Å². The standard InChI is InChI=1S/C7H11NO2/c1-6(7(9)10)4-2-3-5-8/h6H,2-4H2,1H3,(H,9,10). The zero-order chi connectivity index (χ0) is 7.98. The molecule has 1 N–H and O–H groups in total. The smallest absolute Gasteiger partial charge is 0.306 e. The van der Waals surface area contributed by atoms with Gasteiger partial charge in [0.25, 0.3) is 0 Å². The highest BCUT2D eigenvalue weighted by Gasteiger charge is 2.08. The van der Waals surface area contributed by atoms with Crippen LogP contribution in [0.4, 0.5) is 0 Å². The van der Waals surface area contributed by atoms with E-state index in [1.54, 1.807) is 6.92 Å². The first-order valence-corrected chi connectivity index (χ1v) is 3.28. The average Bonchev–Trinajstić information content (AvgIpc) is 1.88. The lowest BCUT2D eigenvalue weighted by Crippen LogP contribution is -2.08. The Hall–Kier alpha value is -1.04. The Bertz CT molecular complexity index is 148. The molecule has 0 heterocycles. The van der Waals surface area contributed by atoms with Crippen LogP contribution in [0.25, 0.3) is 0 Å². The monoisotopic (exact) mass is 141 g/mol. The van der Waals surface area contributed by atoms with Crippen LogP contribution < -0.4 is 0 Å². The van der Waals surface area contributed by atoms with E-state index in [2.05, 4.69) is 0 Å². The Labute approximate surface area is 60.3 Å². The highest BCUT2D eigenvalue weighted by molar-refractivity contribution is 5.69. The van der Waals surface area contributed by atoms with Crippen molar-refractivity contribution in [3.8, 4) is 6.07 Å². The van der Waals surface area contributed by atoms with Crippen molar-refractivity contribution in [2.75, 3.05) is 0 Å². The van der Waals surface area contributed by atoms with Gasteiger partial charge < -0.3 is 5.11 Å². The van der Waals surface area contributed by atoms with Crippen molar-refractivity contribution in [2.24, 2.45) is 5.92 Å². The fraction of sp³-hybridized carbons (Fsp3) is 0.714. The third-order valence-corrected chi connectivity index (χ3v) is 1.35. The maximum atomic E-state index is 10.2. The minimum atomic E-state index is -0.780. The van der Waals surface area contributed by atoms with E-state index in [-0.39, 0.29) is 5.92 Å². The number of hydrogen-bond donors (Lipinski definition) is 1. The summed E-state index contributed by atoms with van der Waals surface area (Å²) >= 11 is 0. The quantitative estimate of drug-likeness (QED) is 0.602. The first-order chi connectivity index (χ1) is 4.68. The van der Waals surface area contributed by atoms with E-state index in [4.69, 9.17) is 10.4 Å². The summed E-state index contributed by atoms with van der Waals surface area (Å²) in [5, 5.41) is 16.5. The van der Waals surface area contributed by atoms with Gasteiger partial charge >= 0.3 is 5.97 Å². The molecule has 0 radical (unpaired) electrons. The zero-order valence-electron chi connectivity index (χ0n) is 6.00. The fourth-order valence-electron chi connectivity index (χ4n) is 0.611. The molecule has 0 aromatic rings. The van der Waals surface area contributed by atoms with Crippen molar-refractivity contribution in [1.82, 2.24) is 0 Å². The molecule has 0 bridgehead atoms. The van der Waals surface area contributed by atoms with Crippen LogP contribution in [0, 0.1) is 17.2 Å². The fourth-order valence-corrected chi connectivity index (χ4v) is 0.611. The summed E-state index contributed by atoms with van der Waals surface area (Å²) in [5.74, 6) is -1.09. The molecule has 1 unspecified atom stereocenters. The number of hydrogen-bond acceptors (Lipinski definition) is 2. The second-order valence-corrected chi connectivity index (χ2v) is 2.29. The number of nitrogens with zero attached hydrogens (tertiary/aromatic N) is 1. The number of carboxylic acid groups (broad SMARTS) is 1. The van der Waals surface area contributed by atoms with E-state index in [1.807, 2.05) is 6.07 Å². The number of nitriles is 1. The minimum Gasteiger partial charge on any atom is -0.481 e. The van der Waals surface area contributed by atoms with E-state index < -0.39 is 5.97 Å². The van der Waals surface area contributed by atoms with E-state index in [0.717, 1.165) is 0 Å². The van der Waals surface area contributed by atoms with Gasteiger partial charge in [-0.2, -0.15) is 5.26 Å². The molecule has 0 rings (SSSR count). The molecule has 0 saturated heterocycles. The summed E-state index contributed by atoms with van der Waals surface area (Å²) in [4.78, 5) is 10.2. The van der Waals surface area contributed by atoms with Gasteiger partial charge in [-0.1, -0.05) is 6.92 Å². The first-order valence-electron chi connectivity index (χ1n) is 3.28. The van der Waals surface area contributed by atoms with Crippen molar-refractivity contribution in [1.29, 1.82) is 5.26 Å². The second kappa shape index (κ2) is 4.80. The van der Waals surface area contributed by atoms with Gasteiger partial charge in [0, 0.05) is 6.42 Å². The molecule has 0 aromatic carbocycles. The van der Waals surface area contributed by atoms with Gasteiger partial charge in [0.2, 0.25) is 0 Å². The zero-order valence-corrected chi connectivity index (χ0v) is 6.00. The topological polar surface area (TPSA) is 61.1 Å². The lowest BCUT2D eigenvalue weighted by atomic mass is 10.1. The third-order valence-electron chi connectivity index (χ3n) is 1.35. The summed E-state index contributed by atoms with van der Waals surface area (Å²) in [6.07, 6.45) is 1.74. The lowest BCUT2D eigenvalue weighted by Gasteiger charge is -2.01. The Morgan fingerprint density at radius 2 is 2.40 bits per heavy atom. The lowest BCUT2D eigenvalue weighted by molar-refractivity contribution is -0.141. The van der Waals surface area contributed by atoms with Crippen LogP contribution >= 0.6 is 0 Å². The van der Waals surface area contributed by atoms with Gasteiger partial charge in [-0.15, -0.1) is 0 Å². The molecule has 0 aliphatic heterocycles. The van der Waals surface area contributed by atoms with Crippen molar-refractivity contribution < 1.29 is 9.90 Å². The third kappa shape index (κ3) is 3.90. The maximum absolute atomic E-state index is 10.2. The molecule has 0 amide bonds. The number of unbranched alkanes of at least 4 members (excludes halogenated alkanes) is 1. The molecule has 1 atom stereocenters. The predicted octanol–water partition coefficient (Wildman–Crippen LogP) is 1.40. The first kappa shape index (κ1) is 8.96. The van der Waals surface area contributed by atoms with Crippen molar-refractivity contribution in [2.45, 2.75) is 26.2 Å². The molecular formula is C7H11NO2. The molecule has 0 saturated carbocycles. The van der Waals surface area contributed by atoms with E-state index in [1.165, 1.54) is 0 Å².